The van der Waals surface area contributed by atoms with E-state index in [2.05, 4.69) is 9.26 Å². The van der Waals surface area contributed by atoms with Gasteiger partial charge in [0, 0.05) is 12.5 Å². The van der Waals surface area contributed by atoms with E-state index in [-0.39, 0.29) is 71.0 Å². The molecule has 15 heavy (non-hydrogen) atoms. The Morgan fingerprint density at radius 2 is 2.00 bits per heavy atom. The molecule has 0 aromatic heterocycles. The second-order valence-electron chi connectivity index (χ2n) is 2.34. The first-order valence-electron chi connectivity index (χ1n) is 3.95. The van der Waals surface area contributed by atoms with Gasteiger partial charge in [-0.2, -0.15) is 0 Å². The van der Waals surface area contributed by atoms with Crippen molar-refractivity contribution in [2.45, 2.75) is 13.3 Å². The van der Waals surface area contributed by atoms with E-state index in [1.54, 1.807) is 6.92 Å². The molecule has 0 unspecified atom stereocenters. The van der Waals surface area contributed by atoms with Gasteiger partial charge < -0.3 is 14.5 Å². The summed E-state index contributed by atoms with van der Waals surface area (Å²) in [5, 5.41) is 0. The van der Waals surface area contributed by atoms with Crippen molar-refractivity contribution in [3.8, 4) is 0 Å². The molecule has 0 aliphatic carbocycles. The number of hydrogen-bond acceptors (Lipinski definition) is 4. The number of phosphoric ester groups is 1. The van der Waals surface area contributed by atoms with Crippen LogP contribution in [0.1, 0.15) is 13.3 Å². The van der Waals surface area contributed by atoms with Crippen molar-refractivity contribution >= 4 is 65.2 Å². The number of phosphoric acid groups is 1. The monoisotopic (exact) mass is 264 g/mol. The van der Waals surface area contributed by atoms with E-state index in [1.807, 2.05) is 0 Å². The Hall–Kier alpha value is 0.956. The third kappa shape index (κ3) is 15.0. The van der Waals surface area contributed by atoms with E-state index in [9.17, 15) is 9.36 Å². The van der Waals surface area contributed by atoms with Gasteiger partial charge in [-0.1, -0.05) is 6.08 Å². The van der Waals surface area contributed by atoms with Gasteiger partial charge in [-0.15, -0.1) is 0 Å². The van der Waals surface area contributed by atoms with Gasteiger partial charge in [-0.05, 0) is 6.92 Å². The topological polar surface area (TPSA) is 93.1 Å². The van der Waals surface area contributed by atoms with E-state index in [4.69, 9.17) is 9.79 Å². The number of esters is 1. The molecule has 0 spiro atoms. The quantitative estimate of drug-likeness (QED) is 0.230. The molecule has 2 N–H and O–H groups in total. The SMILES string of the molecule is CC=CC(=O)OCCCOP(=O)(O)O.[KH]. The minimum absolute atomic E-state index is 0. The molecule has 0 amide bonds. The van der Waals surface area contributed by atoms with Crippen molar-refractivity contribution in [3.63, 3.8) is 0 Å². The number of allylic oxidation sites excluding steroid dienone is 1. The summed E-state index contributed by atoms with van der Waals surface area (Å²) < 4.78 is 19.0. The summed E-state index contributed by atoms with van der Waals surface area (Å²) in [6.07, 6.45) is 3.03. The van der Waals surface area contributed by atoms with Crippen LogP contribution in [-0.2, 0) is 18.6 Å². The molecular weight excluding hydrogens is 250 g/mol. The number of ether oxygens (including phenoxy) is 1. The van der Waals surface area contributed by atoms with Gasteiger partial charge in [0.15, 0.2) is 0 Å². The third-order valence-corrected chi connectivity index (χ3v) is 1.61. The van der Waals surface area contributed by atoms with Gasteiger partial charge in [-0.3, -0.25) is 4.52 Å². The van der Waals surface area contributed by atoms with Crippen LogP contribution in [0.4, 0.5) is 0 Å². The van der Waals surface area contributed by atoms with Crippen LogP contribution >= 0.6 is 7.82 Å². The predicted octanol–water partition coefficient (Wildman–Crippen LogP) is -0.0434. The summed E-state index contributed by atoms with van der Waals surface area (Å²) in [5.74, 6) is -0.483. The van der Waals surface area contributed by atoms with Gasteiger partial charge in [0.1, 0.15) is 0 Å². The Morgan fingerprint density at radius 3 is 2.47 bits per heavy atom. The molecule has 0 radical (unpaired) electrons. The Labute approximate surface area is 131 Å². The maximum absolute atomic E-state index is 10.7. The molecule has 6 nitrogen and oxygen atoms in total. The standard InChI is InChI=1S/C7H13O6P.K.H/c1-2-4-7(8)12-5-3-6-13-14(9,10)11;;/h2,4H,3,5-6H2,1H3,(H2,9,10,11);;. The van der Waals surface area contributed by atoms with E-state index in [1.165, 1.54) is 12.2 Å². The van der Waals surface area contributed by atoms with E-state index in [0.29, 0.717) is 0 Å². The van der Waals surface area contributed by atoms with Crippen molar-refractivity contribution in [3.05, 3.63) is 12.2 Å². The summed E-state index contributed by atoms with van der Waals surface area (Å²) in [7, 11) is -4.40. The van der Waals surface area contributed by atoms with E-state index < -0.39 is 13.8 Å². The molecule has 0 bridgehead atoms. The van der Waals surface area contributed by atoms with Crippen LogP contribution in [0.25, 0.3) is 0 Å². The Balaban J connectivity index is 0. The zero-order chi connectivity index (χ0) is 11.0. The average molecular weight is 264 g/mol. The predicted molar refractivity (Wildman–Crippen MR) is 55.5 cm³/mol. The van der Waals surface area contributed by atoms with Gasteiger partial charge >= 0.3 is 65.2 Å². The second kappa shape index (κ2) is 10.1. The molecule has 0 atom stereocenters. The first-order chi connectivity index (χ1) is 6.45. The fraction of sp³-hybridized carbons (Fsp3) is 0.571. The molecule has 0 aliphatic heterocycles. The Kier molecular flexibility index (Phi) is 12.4. The zero-order valence-corrected chi connectivity index (χ0v) is 8.65. The summed E-state index contributed by atoms with van der Waals surface area (Å²) in [5.41, 5.74) is 0. The first kappa shape index (κ1) is 18.3. The minimum atomic E-state index is -4.40. The van der Waals surface area contributed by atoms with Gasteiger partial charge in [0.05, 0.1) is 13.2 Å². The molecule has 0 saturated carbocycles. The Bertz CT molecular complexity index is 248. The van der Waals surface area contributed by atoms with Crippen LogP contribution in [0.5, 0.6) is 0 Å². The van der Waals surface area contributed by atoms with Crippen molar-refractivity contribution in [2.24, 2.45) is 0 Å². The van der Waals surface area contributed by atoms with Gasteiger partial charge in [0.2, 0.25) is 0 Å². The van der Waals surface area contributed by atoms with Crippen molar-refractivity contribution in [2.75, 3.05) is 13.2 Å². The fourth-order valence-corrected chi connectivity index (χ4v) is 0.966. The van der Waals surface area contributed by atoms with E-state index >= 15 is 0 Å². The molecule has 84 valence electrons. The van der Waals surface area contributed by atoms with Crippen molar-refractivity contribution < 1.29 is 28.4 Å². The zero-order valence-electron chi connectivity index (χ0n) is 7.75. The summed E-state index contributed by atoms with van der Waals surface area (Å²) in [6, 6.07) is 0. The third-order valence-electron chi connectivity index (χ3n) is 1.10. The second-order valence-corrected chi connectivity index (χ2v) is 3.58. The fourth-order valence-electron chi connectivity index (χ4n) is 0.599. The number of hydrogen-bond donors (Lipinski definition) is 2. The Morgan fingerprint density at radius 1 is 1.40 bits per heavy atom. The van der Waals surface area contributed by atoms with Crippen molar-refractivity contribution in [1.29, 1.82) is 0 Å². The molecule has 0 rings (SSSR count). The molecule has 0 aromatic carbocycles. The van der Waals surface area contributed by atoms with Crippen LogP contribution in [0.15, 0.2) is 12.2 Å². The maximum atomic E-state index is 10.7. The molecule has 0 aromatic rings. The van der Waals surface area contributed by atoms with Crippen LogP contribution in [0, 0.1) is 0 Å². The first-order valence-corrected chi connectivity index (χ1v) is 5.48. The van der Waals surface area contributed by atoms with E-state index in [0.717, 1.165) is 0 Å². The van der Waals surface area contributed by atoms with Crippen LogP contribution in [0.3, 0.4) is 0 Å². The molecule has 0 heterocycles. The number of carbonyl (C=O) groups excluding carboxylic acids is 1. The van der Waals surface area contributed by atoms with Crippen molar-refractivity contribution in [1.82, 2.24) is 0 Å². The number of rotatable bonds is 6. The summed E-state index contributed by atoms with van der Waals surface area (Å²) in [4.78, 5) is 27.3. The molecule has 0 fully saturated rings. The normalized spacial score (nSPS) is 11.1. The average Bonchev–Trinajstić information content (AvgIpc) is 2.02. The molecule has 0 aliphatic rings. The number of carbonyl (C=O) groups is 1. The molecule has 8 heteroatoms. The molecular formula is C7H14KO6P. The van der Waals surface area contributed by atoms with Gasteiger partial charge in [0.25, 0.3) is 0 Å². The molecule has 0 saturated heterocycles. The van der Waals surface area contributed by atoms with Crippen LogP contribution < -0.4 is 0 Å². The summed E-state index contributed by atoms with van der Waals surface area (Å²) >= 11 is 0. The van der Waals surface area contributed by atoms with Crippen LogP contribution in [-0.4, -0.2) is 80.4 Å². The van der Waals surface area contributed by atoms with Crippen LogP contribution in [0.2, 0.25) is 0 Å². The summed E-state index contributed by atoms with van der Waals surface area (Å²) in [6.45, 7) is 1.61. The van der Waals surface area contributed by atoms with Gasteiger partial charge in [-0.25, -0.2) is 9.36 Å².